The van der Waals surface area contributed by atoms with Gasteiger partial charge in [-0.25, -0.2) is 4.79 Å². The van der Waals surface area contributed by atoms with E-state index in [0.29, 0.717) is 28.0 Å². The number of fused-ring (bicyclic) bond motifs is 1. The Balaban J connectivity index is 1.49. The van der Waals surface area contributed by atoms with E-state index < -0.39 is 0 Å². The quantitative estimate of drug-likeness (QED) is 0.310. The van der Waals surface area contributed by atoms with E-state index in [-0.39, 0.29) is 5.63 Å². The molecule has 1 aromatic carbocycles. The molecule has 0 spiro atoms. The first-order valence-electron chi connectivity index (χ1n) is 8.60. The SMILES string of the molecule is CCc1cc2oc(=O)cc(CSc3nnc(NCc4ccco4)s3)c2cc1Cl. The summed E-state index contributed by atoms with van der Waals surface area (Å²) in [6.07, 6.45) is 2.41. The Bertz CT molecular complexity index is 1160. The predicted molar refractivity (Wildman–Crippen MR) is 112 cm³/mol. The van der Waals surface area contributed by atoms with Crippen LogP contribution in [0.4, 0.5) is 5.13 Å². The Hall–Kier alpha value is -2.29. The second kappa shape index (κ2) is 8.38. The van der Waals surface area contributed by atoms with E-state index in [1.54, 1.807) is 6.26 Å². The van der Waals surface area contributed by atoms with E-state index in [2.05, 4.69) is 15.5 Å². The molecule has 0 saturated carbocycles. The fraction of sp³-hybridized carbons (Fsp3) is 0.211. The highest BCUT2D eigenvalue weighted by molar-refractivity contribution is 8.00. The van der Waals surface area contributed by atoms with Crippen LogP contribution in [0.3, 0.4) is 0 Å². The van der Waals surface area contributed by atoms with E-state index in [0.717, 1.165) is 33.0 Å². The van der Waals surface area contributed by atoms with Gasteiger partial charge in [-0.2, -0.15) is 0 Å². The molecule has 0 unspecified atom stereocenters. The molecular weight excluding hydrogens is 418 g/mol. The van der Waals surface area contributed by atoms with Crippen LogP contribution in [0.2, 0.25) is 5.02 Å². The van der Waals surface area contributed by atoms with Crippen LogP contribution in [0.25, 0.3) is 11.0 Å². The number of aryl methyl sites for hydroxylation is 1. The number of thioether (sulfide) groups is 1. The van der Waals surface area contributed by atoms with E-state index in [4.69, 9.17) is 20.4 Å². The molecular formula is C19H16ClN3O3S2. The van der Waals surface area contributed by atoms with E-state index in [9.17, 15) is 4.79 Å². The molecule has 3 aromatic heterocycles. The van der Waals surface area contributed by atoms with Crippen LogP contribution < -0.4 is 10.9 Å². The molecule has 0 atom stereocenters. The molecule has 4 aromatic rings. The summed E-state index contributed by atoms with van der Waals surface area (Å²) >= 11 is 9.32. The van der Waals surface area contributed by atoms with Crippen LogP contribution in [0.15, 0.2) is 54.6 Å². The number of hydrogen-bond donors (Lipinski definition) is 1. The fourth-order valence-corrected chi connectivity index (χ4v) is 4.77. The van der Waals surface area contributed by atoms with Crippen molar-refractivity contribution < 1.29 is 8.83 Å². The van der Waals surface area contributed by atoms with Crippen molar-refractivity contribution in [2.45, 2.75) is 30.0 Å². The number of benzene rings is 1. The molecule has 0 aliphatic carbocycles. The molecule has 0 amide bonds. The smallest absolute Gasteiger partial charge is 0.336 e. The van der Waals surface area contributed by atoms with Crippen molar-refractivity contribution in [3.05, 3.63) is 68.9 Å². The van der Waals surface area contributed by atoms with Gasteiger partial charge in [0.1, 0.15) is 11.3 Å². The van der Waals surface area contributed by atoms with E-state index >= 15 is 0 Å². The molecule has 1 N–H and O–H groups in total. The summed E-state index contributed by atoms with van der Waals surface area (Å²) < 4.78 is 11.4. The lowest BCUT2D eigenvalue weighted by molar-refractivity contribution is 0.518. The normalized spacial score (nSPS) is 11.2. The van der Waals surface area contributed by atoms with Gasteiger partial charge < -0.3 is 14.2 Å². The van der Waals surface area contributed by atoms with Crippen LogP contribution in [0.1, 0.15) is 23.8 Å². The Morgan fingerprint density at radius 3 is 2.93 bits per heavy atom. The number of nitrogens with zero attached hydrogens (tertiary/aromatic N) is 2. The lowest BCUT2D eigenvalue weighted by Crippen LogP contribution is -2.00. The predicted octanol–water partition coefficient (Wildman–Crippen LogP) is 5.36. The highest BCUT2D eigenvalue weighted by atomic mass is 35.5. The largest absolute Gasteiger partial charge is 0.467 e. The van der Waals surface area contributed by atoms with Crippen LogP contribution >= 0.6 is 34.7 Å². The van der Waals surface area contributed by atoms with Gasteiger partial charge in [0, 0.05) is 22.2 Å². The molecule has 3 heterocycles. The molecule has 9 heteroatoms. The first-order chi connectivity index (χ1) is 13.6. The lowest BCUT2D eigenvalue weighted by atomic mass is 10.1. The van der Waals surface area contributed by atoms with Crippen molar-refractivity contribution in [2.75, 3.05) is 5.32 Å². The van der Waals surface area contributed by atoms with Crippen molar-refractivity contribution in [2.24, 2.45) is 0 Å². The second-order valence-electron chi connectivity index (χ2n) is 5.98. The fourth-order valence-electron chi connectivity index (χ4n) is 2.73. The van der Waals surface area contributed by atoms with Crippen LogP contribution in [0, 0.1) is 0 Å². The van der Waals surface area contributed by atoms with Gasteiger partial charge in [-0.3, -0.25) is 0 Å². The molecule has 0 radical (unpaired) electrons. The monoisotopic (exact) mass is 433 g/mol. The van der Waals surface area contributed by atoms with Crippen molar-refractivity contribution in [1.82, 2.24) is 10.2 Å². The zero-order chi connectivity index (χ0) is 19.5. The molecule has 0 saturated heterocycles. The van der Waals surface area contributed by atoms with Crippen LogP contribution in [-0.2, 0) is 18.7 Å². The number of hydrogen-bond acceptors (Lipinski definition) is 8. The minimum Gasteiger partial charge on any atom is -0.467 e. The molecule has 0 aliphatic heterocycles. The van der Waals surface area contributed by atoms with Crippen LogP contribution in [-0.4, -0.2) is 10.2 Å². The van der Waals surface area contributed by atoms with E-state index in [1.807, 2.05) is 31.2 Å². The summed E-state index contributed by atoms with van der Waals surface area (Å²) in [4.78, 5) is 11.9. The average molecular weight is 434 g/mol. The summed E-state index contributed by atoms with van der Waals surface area (Å²) in [5.41, 5.74) is 2.01. The molecule has 0 bridgehead atoms. The van der Waals surface area contributed by atoms with Crippen LogP contribution in [0.5, 0.6) is 0 Å². The number of rotatable bonds is 7. The number of halogens is 1. The minimum atomic E-state index is -0.370. The molecule has 6 nitrogen and oxygen atoms in total. The Morgan fingerprint density at radius 1 is 1.25 bits per heavy atom. The highest BCUT2D eigenvalue weighted by Gasteiger charge is 2.12. The molecule has 4 rings (SSSR count). The van der Waals surface area contributed by atoms with Crippen molar-refractivity contribution >= 4 is 50.8 Å². The number of furan rings is 1. The van der Waals surface area contributed by atoms with E-state index in [1.165, 1.54) is 29.2 Å². The van der Waals surface area contributed by atoms with Gasteiger partial charge >= 0.3 is 5.63 Å². The zero-order valence-corrected chi connectivity index (χ0v) is 17.3. The summed E-state index contributed by atoms with van der Waals surface area (Å²) in [5, 5.41) is 13.7. The number of anilines is 1. The van der Waals surface area contributed by atoms with Gasteiger partial charge in [0.05, 0.1) is 12.8 Å². The third-order valence-corrected chi connectivity index (χ3v) is 6.54. The van der Waals surface area contributed by atoms with Crippen molar-refractivity contribution in [3.8, 4) is 0 Å². The summed E-state index contributed by atoms with van der Waals surface area (Å²) in [6, 6.07) is 8.95. The number of nitrogens with one attached hydrogen (secondary N) is 1. The first-order valence-corrected chi connectivity index (χ1v) is 10.8. The van der Waals surface area contributed by atoms with Gasteiger partial charge in [0.25, 0.3) is 0 Å². The van der Waals surface area contributed by atoms with Gasteiger partial charge in [-0.15, -0.1) is 10.2 Å². The van der Waals surface area contributed by atoms with Gasteiger partial charge in [-0.1, -0.05) is 41.6 Å². The third kappa shape index (κ3) is 4.24. The Labute approximate surface area is 173 Å². The standard InChI is InChI=1S/C19H16ClN3O3S2/c1-2-11-6-16-14(8-15(11)20)12(7-17(24)26-16)10-27-19-23-22-18(28-19)21-9-13-4-3-5-25-13/h3-8H,2,9-10H2,1H3,(H,21,22). The highest BCUT2D eigenvalue weighted by Crippen LogP contribution is 2.32. The molecule has 144 valence electrons. The zero-order valence-electron chi connectivity index (χ0n) is 14.9. The molecule has 0 fully saturated rings. The average Bonchev–Trinajstić information content (AvgIpc) is 3.36. The van der Waals surface area contributed by atoms with Crippen molar-refractivity contribution in [3.63, 3.8) is 0 Å². The van der Waals surface area contributed by atoms with Crippen molar-refractivity contribution in [1.29, 1.82) is 0 Å². The maximum atomic E-state index is 11.9. The number of aromatic nitrogens is 2. The summed E-state index contributed by atoms with van der Waals surface area (Å²) in [5.74, 6) is 1.40. The Morgan fingerprint density at radius 2 is 2.14 bits per heavy atom. The summed E-state index contributed by atoms with van der Waals surface area (Å²) in [7, 11) is 0. The second-order valence-corrected chi connectivity index (χ2v) is 8.59. The first kappa shape index (κ1) is 19.0. The maximum Gasteiger partial charge on any atom is 0.336 e. The Kier molecular flexibility index (Phi) is 5.70. The lowest BCUT2D eigenvalue weighted by Gasteiger charge is -2.07. The van der Waals surface area contributed by atoms with Gasteiger partial charge in [0.15, 0.2) is 4.34 Å². The molecule has 0 aliphatic rings. The maximum absolute atomic E-state index is 11.9. The summed E-state index contributed by atoms with van der Waals surface area (Å²) in [6.45, 7) is 2.56. The topological polar surface area (TPSA) is 81.2 Å². The minimum absolute atomic E-state index is 0.370. The van der Waals surface area contributed by atoms with Gasteiger partial charge in [0.2, 0.25) is 5.13 Å². The third-order valence-electron chi connectivity index (χ3n) is 4.13. The van der Waals surface area contributed by atoms with Gasteiger partial charge in [-0.05, 0) is 41.8 Å². The molecule has 28 heavy (non-hydrogen) atoms.